The fraction of sp³-hybridized carbons (Fsp3) is 0.467. The van der Waals surface area contributed by atoms with E-state index in [1.807, 2.05) is 6.07 Å². The van der Waals surface area contributed by atoms with E-state index in [0.717, 1.165) is 12.1 Å². The molecule has 0 radical (unpaired) electrons. The van der Waals surface area contributed by atoms with Crippen molar-refractivity contribution in [3.05, 3.63) is 30.1 Å². The van der Waals surface area contributed by atoms with Gasteiger partial charge in [-0.15, -0.1) is 0 Å². The Morgan fingerprint density at radius 2 is 2.21 bits per heavy atom. The van der Waals surface area contributed by atoms with Gasteiger partial charge in [0, 0.05) is 6.54 Å². The third kappa shape index (κ3) is 1.91. The first kappa shape index (κ1) is 12.2. The number of fused-ring (bicyclic) bond motifs is 1. The molecule has 1 aromatic heterocycles. The molecule has 1 saturated carbocycles. The summed E-state index contributed by atoms with van der Waals surface area (Å²) in [4.78, 5) is 15.5. The molecule has 19 heavy (non-hydrogen) atoms. The smallest absolute Gasteiger partial charge is 0.337 e. The summed E-state index contributed by atoms with van der Waals surface area (Å²) in [6.07, 6.45) is 4.28. The van der Waals surface area contributed by atoms with Crippen LogP contribution in [0.15, 0.2) is 24.5 Å². The Morgan fingerprint density at radius 3 is 2.79 bits per heavy atom. The van der Waals surface area contributed by atoms with Gasteiger partial charge in [-0.3, -0.25) is 0 Å². The van der Waals surface area contributed by atoms with Crippen LogP contribution in [0.3, 0.4) is 0 Å². The van der Waals surface area contributed by atoms with E-state index in [9.17, 15) is 9.90 Å². The van der Waals surface area contributed by atoms with Gasteiger partial charge in [0.2, 0.25) is 0 Å². The molecule has 2 aromatic rings. The van der Waals surface area contributed by atoms with Crippen LogP contribution in [0.25, 0.3) is 11.0 Å². The van der Waals surface area contributed by atoms with Gasteiger partial charge in [0.1, 0.15) is 5.52 Å². The lowest BCUT2D eigenvalue weighted by atomic mass is 9.92. The third-order valence-corrected chi connectivity index (χ3v) is 4.48. The number of rotatable bonds is 4. The molecule has 1 aromatic carbocycles. The van der Waals surface area contributed by atoms with Crippen molar-refractivity contribution in [2.75, 3.05) is 0 Å². The minimum Gasteiger partial charge on any atom is -0.478 e. The molecule has 4 nitrogen and oxygen atoms in total. The van der Waals surface area contributed by atoms with E-state index in [2.05, 4.69) is 23.4 Å². The molecule has 1 aliphatic rings. The number of carboxylic acids is 1. The van der Waals surface area contributed by atoms with Crippen molar-refractivity contribution in [2.45, 2.75) is 33.2 Å². The van der Waals surface area contributed by atoms with E-state index in [4.69, 9.17) is 0 Å². The lowest BCUT2D eigenvalue weighted by Crippen LogP contribution is -2.17. The number of nitrogens with zero attached hydrogens (tertiary/aromatic N) is 2. The highest BCUT2D eigenvalue weighted by molar-refractivity contribution is 6.00. The predicted octanol–water partition coefficient (Wildman–Crippen LogP) is 3.17. The SMILES string of the molecule is CC(C)C1(Cn2cnc3c(C(=O)O)cccc32)CC1. The van der Waals surface area contributed by atoms with Gasteiger partial charge >= 0.3 is 5.97 Å². The molecule has 0 spiro atoms. The lowest BCUT2D eigenvalue weighted by Gasteiger charge is -2.20. The van der Waals surface area contributed by atoms with Crippen LogP contribution in [0.1, 0.15) is 37.0 Å². The lowest BCUT2D eigenvalue weighted by molar-refractivity contribution is 0.0699. The second kappa shape index (κ2) is 4.08. The molecule has 3 rings (SSSR count). The van der Waals surface area contributed by atoms with E-state index in [-0.39, 0.29) is 5.56 Å². The van der Waals surface area contributed by atoms with Crippen molar-refractivity contribution in [1.82, 2.24) is 9.55 Å². The van der Waals surface area contributed by atoms with Crippen molar-refractivity contribution < 1.29 is 9.90 Å². The second-order valence-electron chi connectivity index (χ2n) is 5.87. The van der Waals surface area contributed by atoms with E-state index in [0.29, 0.717) is 16.8 Å². The molecule has 0 atom stereocenters. The predicted molar refractivity (Wildman–Crippen MR) is 73.2 cm³/mol. The maximum absolute atomic E-state index is 11.2. The fourth-order valence-electron chi connectivity index (χ4n) is 2.80. The first-order valence-electron chi connectivity index (χ1n) is 6.71. The maximum Gasteiger partial charge on any atom is 0.337 e. The molecule has 100 valence electrons. The zero-order chi connectivity index (χ0) is 13.6. The number of carbonyl (C=O) groups is 1. The maximum atomic E-state index is 11.2. The third-order valence-electron chi connectivity index (χ3n) is 4.48. The summed E-state index contributed by atoms with van der Waals surface area (Å²) < 4.78 is 2.11. The Balaban J connectivity index is 2.02. The van der Waals surface area contributed by atoms with Crippen molar-refractivity contribution in [3.63, 3.8) is 0 Å². The van der Waals surface area contributed by atoms with Gasteiger partial charge in [0.15, 0.2) is 0 Å². The quantitative estimate of drug-likeness (QED) is 0.916. The molecule has 0 amide bonds. The Hall–Kier alpha value is -1.84. The topological polar surface area (TPSA) is 55.1 Å². The van der Waals surface area contributed by atoms with Gasteiger partial charge in [0.25, 0.3) is 0 Å². The van der Waals surface area contributed by atoms with Gasteiger partial charge in [0.05, 0.1) is 17.4 Å². The van der Waals surface area contributed by atoms with E-state index in [1.165, 1.54) is 12.8 Å². The highest BCUT2D eigenvalue weighted by atomic mass is 16.4. The zero-order valence-corrected chi connectivity index (χ0v) is 11.3. The summed E-state index contributed by atoms with van der Waals surface area (Å²) in [6, 6.07) is 5.35. The molecular weight excluding hydrogens is 240 g/mol. The number of para-hydroxylation sites is 1. The largest absolute Gasteiger partial charge is 0.478 e. The molecular formula is C15H18N2O2. The van der Waals surface area contributed by atoms with Crippen LogP contribution < -0.4 is 0 Å². The molecule has 1 heterocycles. The van der Waals surface area contributed by atoms with Crippen LogP contribution in [0.4, 0.5) is 0 Å². The van der Waals surface area contributed by atoms with Gasteiger partial charge in [-0.1, -0.05) is 19.9 Å². The van der Waals surface area contributed by atoms with Crippen LogP contribution in [0.2, 0.25) is 0 Å². The summed E-state index contributed by atoms with van der Waals surface area (Å²) >= 11 is 0. The number of aromatic carboxylic acids is 1. The Morgan fingerprint density at radius 1 is 1.47 bits per heavy atom. The van der Waals surface area contributed by atoms with Gasteiger partial charge in [-0.25, -0.2) is 9.78 Å². The first-order valence-corrected chi connectivity index (χ1v) is 6.71. The highest BCUT2D eigenvalue weighted by Crippen LogP contribution is 2.53. The minimum atomic E-state index is -0.916. The molecule has 1 fully saturated rings. The molecule has 1 N–H and O–H groups in total. The van der Waals surface area contributed by atoms with Crippen molar-refractivity contribution in [1.29, 1.82) is 0 Å². The molecule has 0 saturated heterocycles. The number of carboxylic acid groups (broad SMARTS) is 1. The van der Waals surface area contributed by atoms with Gasteiger partial charge in [-0.05, 0) is 36.3 Å². The number of aromatic nitrogens is 2. The number of imidazole rings is 1. The first-order chi connectivity index (χ1) is 9.03. The van der Waals surface area contributed by atoms with Crippen LogP contribution >= 0.6 is 0 Å². The zero-order valence-electron chi connectivity index (χ0n) is 11.3. The summed E-state index contributed by atoms with van der Waals surface area (Å²) in [7, 11) is 0. The van der Waals surface area contributed by atoms with Crippen molar-refractivity contribution in [3.8, 4) is 0 Å². The van der Waals surface area contributed by atoms with Gasteiger partial charge in [-0.2, -0.15) is 0 Å². The normalized spacial score (nSPS) is 17.0. The molecule has 0 unspecified atom stereocenters. The summed E-state index contributed by atoms with van der Waals surface area (Å²) in [5.41, 5.74) is 2.18. The summed E-state index contributed by atoms with van der Waals surface area (Å²) in [6.45, 7) is 5.45. The summed E-state index contributed by atoms with van der Waals surface area (Å²) in [5.74, 6) is -0.270. The number of hydrogen-bond acceptors (Lipinski definition) is 2. The second-order valence-corrected chi connectivity index (χ2v) is 5.87. The highest BCUT2D eigenvalue weighted by Gasteiger charge is 2.45. The van der Waals surface area contributed by atoms with E-state index < -0.39 is 5.97 Å². The minimum absolute atomic E-state index is 0.283. The molecule has 4 heteroatoms. The van der Waals surface area contributed by atoms with Crippen LogP contribution in [0, 0.1) is 11.3 Å². The Labute approximate surface area is 112 Å². The number of benzene rings is 1. The average Bonchev–Trinajstić information content (AvgIpc) is 3.05. The van der Waals surface area contributed by atoms with E-state index >= 15 is 0 Å². The molecule has 0 aliphatic heterocycles. The van der Waals surface area contributed by atoms with Crippen LogP contribution in [-0.2, 0) is 6.54 Å². The average molecular weight is 258 g/mol. The molecule has 1 aliphatic carbocycles. The van der Waals surface area contributed by atoms with Crippen molar-refractivity contribution >= 4 is 17.0 Å². The number of hydrogen-bond donors (Lipinski definition) is 1. The van der Waals surface area contributed by atoms with Crippen LogP contribution in [0.5, 0.6) is 0 Å². The van der Waals surface area contributed by atoms with Crippen molar-refractivity contribution in [2.24, 2.45) is 11.3 Å². The van der Waals surface area contributed by atoms with Gasteiger partial charge < -0.3 is 9.67 Å². The Bertz CT molecular complexity index is 639. The monoisotopic (exact) mass is 258 g/mol. The Kier molecular flexibility index (Phi) is 2.62. The molecule has 0 bridgehead atoms. The summed E-state index contributed by atoms with van der Waals surface area (Å²) in [5, 5.41) is 9.18. The van der Waals surface area contributed by atoms with Crippen LogP contribution in [-0.4, -0.2) is 20.6 Å². The van der Waals surface area contributed by atoms with E-state index in [1.54, 1.807) is 18.5 Å². The standard InChI is InChI=1S/C15H18N2O2/c1-10(2)15(6-7-15)8-17-9-16-13-11(14(18)19)4-3-5-12(13)17/h3-5,9-10H,6-8H2,1-2H3,(H,18,19). The fourth-order valence-corrected chi connectivity index (χ4v) is 2.80.